The lowest BCUT2D eigenvalue weighted by molar-refractivity contribution is -0.114. The van der Waals surface area contributed by atoms with Gasteiger partial charge < -0.3 is 0 Å². The lowest BCUT2D eigenvalue weighted by Crippen LogP contribution is -2.37. The third-order valence-electron chi connectivity index (χ3n) is 4.58. The Bertz CT molecular complexity index is 1110. The van der Waals surface area contributed by atoms with Crippen molar-refractivity contribution in [3.05, 3.63) is 108 Å². The van der Waals surface area contributed by atoms with Gasteiger partial charge in [0.15, 0.2) is 5.78 Å². The van der Waals surface area contributed by atoms with Crippen molar-refractivity contribution in [2.45, 2.75) is 23.2 Å². The van der Waals surface area contributed by atoms with Crippen LogP contribution in [0.4, 0.5) is 0 Å². The van der Waals surface area contributed by atoms with E-state index in [-0.39, 0.29) is 10.7 Å². The highest BCUT2D eigenvalue weighted by Gasteiger charge is 2.30. The van der Waals surface area contributed by atoms with Gasteiger partial charge in [-0.15, -0.1) is 11.6 Å². The van der Waals surface area contributed by atoms with Gasteiger partial charge in [0.1, 0.15) is 5.38 Å². The standard InChI is InChI=1S/C24H22ClNO3S/c1-18-12-15-21(16-13-18)30(28,29)26-24(20-10-6-3-7-11-20)23(25)22(27)17-14-19-8-4-2-5-9-19/h2-17,23-24,26H,1H3/b17-14+/t23-,24+/m0/s1. The van der Waals surface area contributed by atoms with Crippen LogP contribution < -0.4 is 4.72 Å². The average molecular weight is 440 g/mol. The first kappa shape index (κ1) is 22.0. The summed E-state index contributed by atoms with van der Waals surface area (Å²) in [5.74, 6) is -0.388. The second-order valence-electron chi connectivity index (χ2n) is 6.87. The number of aryl methyl sites for hydroxylation is 1. The van der Waals surface area contributed by atoms with Crippen LogP contribution in [-0.4, -0.2) is 19.6 Å². The van der Waals surface area contributed by atoms with E-state index >= 15 is 0 Å². The first-order valence-corrected chi connectivity index (χ1v) is 11.3. The Balaban J connectivity index is 1.88. The molecule has 0 amide bonds. The van der Waals surface area contributed by atoms with E-state index in [4.69, 9.17) is 11.6 Å². The van der Waals surface area contributed by atoms with Crippen molar-refractivity contribution in [1.29, 1.82) is 0 Å². The van der Waals surface area contributed by atoms with Crippen LogP contribution in [0.2, 0.25) is 0 Å². The highest BCUT2D eigenvalue weighted by molar-refractivity contribution is 7.89. The van der Waals surface area contributed by atoms with Gasteiger partial charge in [-0.1, -0.05) is 84.4 Å². The SMILES string of the molecule is Cc1ccc(S(=O)(=O)N[C@H](c2ccccc2)[C@@H](Cl)C(=O)/C=C/c2ccccc2)cc1. The van der Waals surface area contributed by atoms with Crippen LogP contribution in [0.25, 0.3) is 6.08 Å². The van der Waals surface area contributed by atoms with E-state index in [0.717, 1.165) is 11.1 Å². The monoisotopic (exact) mass is 439 g/mol. The Hall–Kier alpha value is -2.73. The lowest BCUT2D eigenvalue weighted by atomic mass is 10.0. The second-order valence-corrected chi connectivity index (χ2v) is 9.06. The van der Waals surface area contributed by atoms with E-state index in [2.05, 4.69) is 4.72 Å². The summed E-state index contributed by atoms with van der Waals surface area (Å²) in [4.78, 5) is 12.9. The molecule has 30 heavy (non-hydrogen) atoms. The quantitative estimate of drug-likeness (QED) is 0.401. The molecule has 2 atom stereocenters. The van der Waals surface area contributed by atoms with Crippen LogP contribution in [0, 0.1) is 6.92 Å². The molecule has 0 spiro atoms. The van der Waals surface area contributed by atoms with E-state index in [1.807, 2.05) is 43.3 Å². The van der Waals surface area contributed by atoms with Gasteiger partial charge in [0.25, 0.3) is 0 Å². The molecule has 0 saturated heterocycles. The molecule has 1 N–H and O–H groups in total. The summed E-state index contributed by atoms with van der Waals surface area (Å²) in [7, 11) is -3.88. The topological polar surface area (TPSA) is 63.2 Å². The molecule has 4 nitrogen and oxygen atoms in total. The maximum absolute atomic E-state index is 12.9. The maximum atomic E-state index is 12.9. The largest absolute Gasteiger partial charge is 0.293 e. The van der Waals surface area contributed by atoms with E-state index < -0.39 is 21.4 Å². The van der Waals surface area contributed by atoms with Crippen molar-refractivity contribution in [2.24, 2.45) is 0 Å². The molecular weight excluding hydrogens is 418 g/mol. The van der Waals surface area contributed by atoms with E-state index in [1.165, 1.54) is 18.2 Å². The number of ketones is 1. The fraction of sp³-hybridized carbons (Fsp3) is 0.125. The first-order valence-electron chi connectivity index (χ1n) is 9.42. The molecule has 0 aliphatic carbocycles. The molecule has 3 aromatic carbocycles. The number of carbonyl (C=O) groups is 1. The number of sulfonamides is 1. The lowest BCUT2D eigenvalue weighted by Gasteiger charge is -2.22. The van der Waals surface area contributed by atoms with Gasteiger partial charge in [-0.2, -0.15) is 0 Å². The van der Waals surface area contributed by atoms with Gasteiger partial charge in [-0.3, -0.25) is 4.79 Å². The summed E-state index contributed by atoms with van der Waals surface area (Å²) in [6, 6.07) is 23.8. The summed E-state index contributed by atoms with van der Waals surface area (Å²) in [5.41, 5.74) is 2.41. The van der Waals surface area contributed by atoms with Crippen LogP contribution in [-0.2, 0) is 14.8 Å². The van der Waals surface area contributed by atoms with Crippen molar-refractivity contribution in [3.8, 4) is 0 Å². The Morgan fingerprint density at radius 3 is 2.07 bits per heavy atom. The number of carbonyl (C=O) groups excluding carboxylic acids is 1. The van der Waals surface area contributed by atoms with Crippen LogP contribution in [0.3, 0.4) is 0 Å². The number of nitrogens with one attached hydrogen (secondary N) is 1. The van der Waals surface area contributed by atoms with Crippen molar-refractivity contribution in [3.63, 3.8) is 0 Å². The van der Waals surface area contributed by atoms with Crippen LogP contribution in [0.1, 0.15) is 22.7 Å². The summed E-state index contributed by atoms with van der Waals surface area (Å²) in [6.07, 6.45) is 3.04. The molecule has 0 radical (unpaired) electrons. The molecule has 0 aliphatic rings. The van der Waals surface area contributed by atoms with Gasteiger partial charge in [0.2, 0.25) is 10.0 Å². The molecule has 0 unspecified atom stereocenters. The van der Waals surface area contributed by atoms with Gasteiger partial charge in [0, 0.05) is 0 Å². The third-order valence-corrected chi connectivity index (χ3v) is 6.50. The molecule has 0 heterocycles. The van der Waals surface area contributed by atoms with E-state index in [9.17, 15) is 13.2 Å². The summed E-state index contributed by atoms with van der Waals surface area (Å²) < 4.78 is 28.5. The number of allylic oxidation sites excluding steroid dienone is 1. The Morgan fingerprint density at radius 1 is 0.900 bits per heavy atom. The fourth-order valence-electron chi connectivity index (χ4n) is 2.91. The van der Waals surface area contributed by atoms with Gasteiger partial charge >= 0.3 is 0 Å². The van der Waals surface area contributed by atoms with Crippen LogP contribution in [0.15, 0.2) is 95.9 Å². The predicted octanol–water partition coefficient (Wildman–Crippen LogP) is 4.90. The second kappa shape index (κ2) is 9.85. The zero-order chi connectivity index (χ0) is 21.6. The average Bonchev–Trinajstić information content (AvgIpc) is 2.77. The summed E-state index contributed by atoms with van der Waals surface area (Å²) in [6.45, 7) is 1.88. The van der Waals surface area contributed by atoms with Gasteiger partial charge in [-0.25, -0.2) is 13.1 Å². The van der Waals surface area contributed by atoms with Crippen molar-refractivity contribution >= 4 is 33.5 Å². The molecule has 0 saturated carbocycles. The highest BCUT2D eigenvalue weighted by Crippen LogP contribution is 2.25. The Morgan fingerprint density at radius 2 is 1.47 bits per heavy atom. The minimum absolute atomic E-state index is 0.116. The van der Waals surface area contributed by atoms with Crippen LogP contribution in [0.5, 0.6) is 0 Å². The molecule has 0 fully saturated rings. The maximum Gasteiger partial charge on any atom is 0.241 e. The van der Waals surface area contributed by atoms with E-state index in [1.54, 1.807) is 42.5 Å². The zero-order valence-electron chi connectivity index (χ0n) is 16.4. The number of hydrogen-bond donors (Lipinski definition) is 1. The molecule has 6 heteroatoms. The summed E-state index contributed by atoms with van der Waals surface area (Å²) in [5, 5.41) is -1.12. The number of halogens is 1. The smallest absolute Gasteiger partial charge is 0.241 e. The molecular formula is C24H22ClNO3S. The third kappa shape index (κ3) is 5.66. The minimum Gasteiger partial charge on any atom is -0.293 e. The normalized spacial score (nSPS) is 13.8. The van der Waals surface area contributed by atoms with Crippen molar-refractivity contribution in [1.82, 2.24) is 4.72 Å². The molecule has 0 bridgehead atoms. The Labute approximate surface area is 182 Å². The fourth-order valence-corrected chi connectivity index (χ4v) is 4.50. The number of hydrogen-bond acceptors (Lipinski definition) is 3. The van der Waals surface area contributed by atoms with Gasteiger partial charge in [0.05, 0.1) is 10.9 Å². The molecule has 0 aromatic heterocycles. The predicted molar refractivity (Wildman–Crippen MR) is 121 cm³/mol. The van der Waals surface area contributed by atoms with Crippen molar-refractivity contribution in [2.75, 3.05) is 0 Å². The Kier molecular flexibility index (Phi) is 7.21. The molecule has 3 aromatic rings. The molecule has 0 aliphatic heterocycles. The molecule has 154 valence electrons. The number of benzene rings is 3. The van der Waals surface area contributed by atoms with E-state index in [0.29, 0.717) is 5.56 Å². The minimum atomic E-state index is -3.88. The van der Waals surface area contributed by atoms with Crippen molar-refractivity contribution < 1.29 is 13.2 Å². The van der Waals surface area contributed by atoms with Gasteiger partial charge in [-0.05, 0) is 36.3 Å². The number of rotatable bonds is 8. The highest BCUT2D eigenvalue weighted by atomic mass is 35.5. The number of alkyl halides is 1. The van der Waals surface area contributed by atoms with Crippen LogP contribution >= 0.6 is 11.6 Å². The summed E-state index contributed by atoms with van der Waals surface area (Å²) >= 11 is 6.49. The molecule has 3 rings (SSSR count). The first-order chi connectivity index (χ1) is 14.4. The zero-order valence-corrected chi connectivity index (χ0v) is 18.0.